The lowest BCUT2D eigenvalue weighted by Crippen LogP contribution is -2.47. The first-order chi connectivity index (χ1) is 12.3. The molecule has 2 saturated heterocycles. The maximum atomic E-state index is 5.56. The van der Waals surface area contributed by atoms with E-state index in [0.717, 1.165) is 59.9 Å². The largest absolute Gasteiger partial charge is 0.344 e. The van der Waals surface area contributed by atoms with E-state index in [1.807, 2.05) is 23.5 Å². The van der Waals surface area contributed by atoms with Crippen molar-refractivity contribution < 1.29 is 0 Å². The van der Waals surface area contributed by atoms with E-state index in [2.05, 4.69) is 47.3 Å². The summed E-state index contributed by atoms with van der Waals surface area (Å²) in [7, 11) is 0. The molecule has 0 aromatic heterocycles. The maximum absolute atomic E-state index is 5.56. The summed E-state index contributed by atoms with van der Waals surface area (Å²) in [5.41, 5.74) is 0. The predicted molar refractivity (Wildman–Crippen MR) is 126 cm³/mol. The highest BCUT2D eigenvalue weighted by Gasteiger charge is 2.23. The Labute approximate surface area is 179 Å². The molecule has 0 amide bonds. The molecule has 150 valence electrons. The Morgan fingerprint density at radius 2 is 1.15 bits per heavy atom. The number of hydrogen-bond acceptors (Lipinski definition) is 6. The van der Waals surface area contributed by atoms with Crippen molar-refractivity contribution >= 4 is 56.6 Å². The monoisotopic (exact) mass is 434 g/mol. The molecule has 2 heterocycles. The summed E-state index contributed by atoms with van der Waals surface area (Å²) >= 11 is 14.7. The van der Waals surface area contributed by atoms with Crippen LogP contribution in [0.25, 0.3) is 0 Å². The fourth-order valence-corrected chi connectivity index (χ4v) is 5.58. The molecule has 26 heavy (non-hydrogen) atoms. The third-order valence-electron chi connectivity index (χ3n) is 4.35. The Balaban J connectivity index is 1.69. The van der Waals surface area contributed by atoms with Crippen LogP contribution >= 0.6 is 48.0 Å². The Bertz CT molecular complexity index is 430. The summed E-state index contributed by atoms with van der Waals surface area (Å²) in [4.78, 5) is 9.76. The molecule has 0 saturated carbocycles. The van der Waals surface area contributed by atoms with Crippen molar-refractivity contribution in [3.63, 3.8) is 0 Å². The van der Waals surface area contributed by atoms with Crippen LogP contribution in [-0.4, -0.2) is 79.5 Å². The topological polar surface area (TPSA) is 13.0 Å². The number of nitrogens with zero attached hydrogens (tertiary/aromatic N) is 4. The van der Waals surface area contributed by atoms with Crippen LogP contribution < -0.4 is 0 Å². The lowest BCUT2D eigenvalue weighted by molar-refractivity contribution is 0.182. The number of unbranched alkanes of at least 4 members (excludes halogenated alkanes) is 1. The molecule has 0 aromatic rings. The van der Waals surface area contributed by atoms with Crippen LogP contribution in [0.1, 0.15) is 40.5 Å². The average molecular weight is 435 g/mol. The molecule has 0 atom stereocenters. The van der Waals surface area contributed by atoms with Gasteiger partial charge in [-0.05, 0) is 24.7 Å². The van der Waals surface area contributed by atoms with E-state index in [0.29, 0.717) is 11.8 Å². The van der Waals surface area contributed by atoms with Gasteiger partial charge in [0.05, 0.1) is 25.1 Å². The zero-order valence-corrected chi connectivity index (χ0v) is 19.9. The highest BCUT2D eigenvalue weighted by molar-refractivity contribution is 8.23. The number of rotatable bonds is 9. The molecular weight excluding hydrogens is 400 g/mol. The van der Waals surface area contributed by atoms with Gasteiger partial charge in [-0.1, -0.05) is 75.7 Å². The minimum atomic E-state index is 0.704. The van der Waals surface area contributed by atoms with Gasteiger partial charge in [0.1, 0.15) is 8.64 Å². The molecule has 0 N–H and O–H groups in total. The van der Waals surface area contributed by atoms with Gasteiger partial charge in [-0.3, -0.25) is 9.80 Å². The standard InChI is InChI=1S/C18H34N4S4/c1-15(2)9-19-11-21(17(23)25-13-19)7-5-6-8-22-12-20(10-16(3)4)14-26-18(22)24/h15-16H,5-14H2,1-4H3. The van der Waals surface area contributed by atoms with E-state index in [-0.39, 0.29) is 0 Å². The van der Waals surface area contributed by atoms with Crippen LogP contribution in [0, 0.1) is 11.8 Å². The van der Waals surface area contributed by atoms with Gasteiger partial charge in [-0.2, -0.15) is 0 Å². The Hall–Kier alpha value is 0.400. The number of hydrogen-bond donors (Lipinski definition) is 0. The third kappa shape index (κ3) is 7.80. The summed E-state index contributed by atoms with van der Waals surface area (Å²) in [5, 5.41) is 0. The van der Waals surface area contributed by atoms with Gasteiger partial charge in [0, 0.05) is 26.2 Å². The molecule has 2 rings (SSSR count). The van der Waals surface area contributed by atoms with E-state index in [9.17, 15) is 0 Å². The van der Waals surface area contributed by atoms with Crippen molar-refractivity contribution in [1.82, 2.24) is 19.6 Å². The molecule has 0 radical (unpaired) electrons. The van der Waals surface area contributed by atoms with Gasteiger partial charge in [-0.15, -0.1) is 0 Å². The quantitative estimate of drug-likeness (QED) is 0.391. The average Bonchev–Trinajstić information content (AvgIpc) is 2.56. The lowest BCUT2D eigenvalue weighted by Gasteiger charge is -2.38. The Morgan fingerprint density at radius 3 is 1.50 bits per heavy atom. The van der Waals surface area contributed by atoms with Gasteiger partial charge in [0.2, 0.25) is 0 Å². The van der Waals surface area contributed by atoms with Gasteiger partial charge in [-0.25, -0.2) is 0 Å². The SMILES string of the molecule is CC(C)CN1CSC(=S)N(CCCCN2CN(CC(C)C)CSC2=S)C1. The fourth-order valence-electron chi connectivity index (χ4n) is 3.34. The van der Waals surface area contributed by atoms with E-state index in [4.69, 9.17) is 24.4 Å². The van der Waals surface area contributed by atoms with Gasteiger partial charge in [0.25, 0.3) is 0 Å². The molecule has 0 aromatic carbocycles. The molecule has 2 aliphatic heterocycles. The van der Waals surface area contributed by atoms with Crippen molar-refractivity contribution in [3.05, 3.63) is 0 Å². The van der Waals surface area contributed by atoms with Crippen LogP contribution in [0.5, 0.6) is 0 Å². The molecule has 2 fully saturated rings. The molecule has 2 aliphatic rings. The Morgan fingerprint density at radius 1 is 0.769 bits per heavy atom. The Kier molecular flexibility index (Phi) is 9.96. The van der Waals surface area contributed by atoms with E-state index in [1.165, 1.54) is 12.8 Å². The molecule has 0 unspecified atom stereocenters. The molecule has 0 spiro atoms. The van der Waals surface area contributed by atoms with E-state index in [1.54, 1.807) is 0 Å². The van der Waals surface area contributed by atoms with E-state index < -0.39 is 0 Å². The second kappa shape index (κ2) is 11.4. The highest BCUT2D eigenvalue weighted by atomic mass is 32.2. The maximum Gasteiger partial charge on any atom is 0.138 e. The second-order valence-electron chi connectivity index (χ2n) is 8.09. The van der Waals surface area contributed by atoms with Crippen LogP contribution in [-0.2, 0) is 0 Å². The number of thiocarbonyl (C=S) groups is 2. The molecule has 8 heteroatoms. The number of thioether (sulfide) groups is 2. The van der Waals surface area contributed by atoms with Crippen molar-refractivity contribution in [2.24, 2.45) is 11.8 Å². The van der Waals surface area contributed by atoms with E-state index >= 15 is 0 Å². The first-order valence-corrected chi connectivity index (χ1v) is 12.4. The lowest BCUT2D eigenvalue weighted by atomic mass is 10.2. The minimum Gasteiger partial charge on any atom is -0.344 e. The van der Waals surface area contributed by atoms with Crippen molar-refractivity contribution in [2.45, 2.75) is 40.5 Å². The predicted octanol–water partition coefficient (Wildman–Crippen LogP) is 4.18. The third-order valence-corrected chi connectivity index (χ3v) is 7.57. The summed E-state index contributed by atoms with van der Waals surface area (Å²) in [5.74, 6) is 3.49. The summed E-state index contributed by atoms with van der Waals surface area (Å²) in [6.07, 6.45) is 2.34. The van der Waals surface area contributed by atoms with Crippen molar-refractivity contribution in [3.8, 4) is 0 Å². The first kappa shape index (κ1) is 22.7. The van der Waals surface area contributed by atoms with Crippen molar-refractivity contribution in [1.29, 1.82) is 0 Å². The molecular formula is C18H34N4S4. The van der Waals surface area contributed by atoms with Crippen LogP contribution in [0.15, 0.2) is 0 Å². The summed E-state index contributed by atoms with van der Waals surface area (Å²) < 4.78 is 2.13. The fraction of sp³-hybridized carbons (Fsp3) is 0.889. The summed E-state index contributed by atoms with van der Waals surface area (Å²) in [6.45, 7) is 15.5. The second-order valence-corrected chi connectivity index (χ2v) is 11.2. The molecule has 0 aliphatic carbocycles. The normalized spacial score (nSPS) is 20.7. The van der Waals surface area contributed by atoms with Crippen LogP contribution in [0.2, 0.25) is 0 Å². The summed E-state index contributed by atoms with van der Waals surface area (Å²) in [6, 6.07) is 0. The van der Waals surface area contributed by atoms with Gasteiger partial charge < -0.3 is 9.80 Å². The van der Waals surface area contributed by atoms with Crippen molar-refractivity contribution in [2.75, 3.05) is 51.3 Å². The zero-order valence-electron chi connectivity index (χ0n) is 16.6. The first-order valence-electron chi connectivity index (χ1n) is 9.63. The van der Waals surface area contributed by atoms with Crippen LogP contribution in [0.3, 0.4) is 0 Å². The minimum absolute atomic E-state index is 0.704. The van der Waals surface area contributed by atoms with Gasteiger partial charge in [0.15, 0.2) is 0 Å². The van der Waals surface area contributed by atoms with Gasteiger partial charge >= 0.3 is 0 Å². The molecule has 0 bridgehead atoms. The zero-order chi connectivity index (χ0) is 19.1. The van der Waals surface area contributed by atoms with Crippen LogP contribution in [0.4, 0.5) is 0 Å². The smallest absolute Gasteiger partial charge is 0.138 e. The highest BCUT2D eigenvalue weighted by Crippen LogP contribution is 2.22. The molecule has 4 nitrogen and oxygen atoms in total.